The Morgan fingerprint density at radius 3 is 2.83 bits per heavy atom. The van der Waals surface area contributed by atoms with E-state index in [1.54, 1.807) is 22.7 Å². The first-order valence-electron chi connectivity index (χ1n) is 8.93. The van der Waals surface area contributed by atoms with E-state index < -0.39 is 11.7 Å². The van der Waals surface area contributed by atoms with Crippen LogP contribution in [-0.4, -0.2) is 27.7 Å². The number of nitriles is 1. The molecule has 0 unspecified atom stereocenters. The Morgan fingerprint density at radius 1 is 1.45 bits per heavy atom. The van der Waals surface area contributed by atoms with Gasteiger partial charge in [0.25, 0.3) is 0 Å². The van der Waals surface area contributed by atoms with E-state index in [2.05, 4.69) is 31.2 Å². The molecule has 0 saturated heterocycles. The quantitative estimate of drug-likeness (QED) is 0.512. The summed E-state index contributed by atoms with van der Waals surface area (Å²) in [5.74, 6) is 0.130. The molecule has 151 valence electrons. The lowest BCUT2D eigenvalue weighted by atomic mass is 10.2. The second-order valence-electron chi connectivity index (χ2n) is 7.47. The highest BCUT2D eigenvalue weighted by Gasteiger charge is 2.21. The molecule has 9 heteroatoms. The fourth-order valence-corrected chi connectivity index (χ4v) is 5.34. The van der Waals surface area contributed by atoms with E-state index in [9.17, 15) is 10.1 Å². The van der Waals surface area contributed by atoms with Gasteiger partial charge in [-0.2, -0.15) is 5.26 Å². The number of carbonyl (C=O) groups excluding carboxylic acids is 1. The molecule has 0 saturated carbocycles. The number of thiophene rings is 2. The van der Waals surface area contributed by atoms with Crippen LogP contribution in [0.5, 0.6) is 0 Å². The summed E-state index contributed by atoms with van der Waals surface area (Å²) in [4.78, 5) is 22.9. The SMILES string of the molecule is C[C@@H](Cc1sc2c([CH]c3cccs3)nc(C#N)nc2c1Br)NC(=O)OC(C)(C)C. The molecule has 29 heavy (non-hydrogen) atoms. The third-order valence-electron chi connectivity index (χ3n) is 3.75. The van der Waals surface area contributed by atoms with Gasteiger partial charge in [0.05, 0.1) is 21.3 Å². The number of alkyl carbamates (subject to hydrolysis) is 1. The van der Waals surface area contributed by atoms with Gasteiger partial charge in [-0.15, -0.1) is 22.7 Å². The number of ether oxygens (including phenoxy) is 1. The molecule has 1 atom stereocenters. The van der Waals surface area contributed by atoms with Gasteiger partial charge < -0.3 is 10.1 Å². The Kier molecular flexibility index (Phi) is 6.56. The maximum absolute atomic E-state index is 12.0. The topological polar surface area (TPSA) is 87.9 Å². The Balaban J connectivity index is 1.87. The van der Waals surface area contributed by atoms with Crippen LogP contribution < -0.4 is 5.32 Å². The molecule has 3 heterocycles. The van der Waals surface area contributed by atoms with E-state index in [1.807, 2.05) is 57.7 Å². The minimum atomic E-state index is -0.544. The summed E-state index contributed by atoms with van der Waals surface area (Å²) >= 11 is 6.79. The summed E-state index contributed by atoms with van der Waals surface area (Å²) in [6.45, 7) is 7.41. The van der Waals surface area contributed by atoms with Crippen molar-refractivity contribution in [1.29, 1.82) is 5.26 Å². The van der Waals surface area contributed by atoms with Crippen LogP contribution in [0, 0.1) is 17.8 Å². The van der Waals surface area contributed by atoms with Crippen molar-refractivity contribution in [3.63, 3.8) is 0 Å². The molecule has 0 aliphatic carbocycles. The monoisotopic (exact) mass is 491 g/mol. The molecule has 3 rings (SSSR count). The molecule has 0 aliphatic rings. The van der Waals surface area contributed by atoms with Crippen molar-refractivity contribution in [3.05, 3.63) is 49.7 Å². The highest BCUT2D eigenvalue weighted by atomic mass is 79.9. The van der Waals surface area contributed by atoms with Crippen molar-refractivity contribution in [2.24, 2.45) is 0 Å². The lowest BCUT2D eigenvalue weighted by molar-refractivity contribution is 0.0508. The summed E-state index contributed by atoms with van der Waals surface area (Å²) < 4.78 is 7.06. The average molecular weight is 492 g/mol. The van der Waals surface area contributed by atoms with Crippen molar-refractivity contribution in [2.45, 2.75) is 45.8 Å². The van der Waals surface area contributed by atoms with Crippen LogP contribution in [0.15, 0.2) is 22.0 Å². The zero-order chi connectivity index (χ0) is 21.2. The van der Waals surface area contributed by atoms with E-state index >= 15 is 0 Å². The highest BCUT2D eigenvalue weighted by Crippen LogP contribution is 2.38. The van der Waals surface area contributed by atoms with Crippen LogP contribution in [-0.2, 0) is 11.2 Å². The number of nitrogens with zero attached hydrogens (tertiary/aromatic N) is 3. The van der Waals surface area contributed by atoms with E-state index in [0.29, 0.717) is 11.9 Å². The van der Waals surface area contributed by atoms with Crippen molar-refractivity contribution in [1.82, 2.24) is 15.3 Å². The van der Waals surface area contributed by atoms with Gasteiger partial charge in [-0.05, 0) is 55.1 Å². The van der Waals surface area contributed by atoms with Crippen molar-refractivity contribution in [3.8, 4) is 6.07 Å². The normalized spacial score (nSPS) is 12.6. The first-order valence-corrected chi connectivity index (χ1v) is 11.4. The molecule has 3 aromatic heterocycles. The van der Waals surface area contributed by atoms with Crippen LogP contribution in [0.3, 0.4) is 0 Å². The zero-order valence-electron chi connectivity index (χ0n) is 16.4. The van der Waals surface area contributed by atoms with Crippen LogP contribution in [0.2, 0.25) is 0 Å². The second kappa shape index (κ2) is 8.78. The van der Waals surface area contributed by atoms with Crippen molar-refractivity contribution < 1.29 is 9.53 Å². The van der Waals surface area contributed by atoms with Gasteiger partial charge in [0.15, 0.2) is 0 Å². The van der Waals surface area contributed by atoms with Crippen molar-refractivity contribution in [2.75, 3.05) is 0 Å². The number of carbonyl (C=O) groups is 1. The van der Waals surface area contributed by atoms with Crippen molar-refractivity contribution >= 4 is 54.9 Å². The molecule has 3 aromatic rings. The Bertz CT molecular complexity index is 1070. The third-order valence-corrected chi connectivity index (χ3v) is 6.91. The Labute approximate surface area is 186 Å². The average Bonchev–Trinajstić information content (AvgIpc) is 3.22. The largest absolute Gasteiger partial charge is 0.444 e. The van der Waals surface area contributed by atoms with Gasteiger partial charge in [0.2, 0.25) is 5.82 Å². The van der Waals surface area contributed by atoms with Crippen LogP contribution >= 0.6 is 38.6 Å². The van der Waals surface area contributed by atoms with Gasteiger partial charge in [-0.25, -0.2) is 14.8 Å². The zero-order valence-corrected chi connectivity index (χ0v) is 19.7. The number of rotatable bonds is 5. The summed E-state index contributed by atoms with van der Waals surface area (Å²) in [6.07, 6.45) is 2.12. The van der Waals surface area contributed by atoms with Crippen LogP contribution in [0.1, 0.15) is 49.0 Å². The summed E-state index contributed by atoms with van der Waals surface area (Å²) in [5, 5.41) is 14.2. The first kappa shape index (κ1) is 21.7. The number of fused-ring (bicyclic) bond motifs is 1. The highest BCUT2D eigenvalue weighted by molar-refractivity contribution is 9.10. The summed E-state index contributed by atoms with van der Waals surface area (Å²) in [7, 11) is 0. The van der Waals surface area contributed by atoms with Gasteiger partial charge in [-0.3, -0.25) is 0 Å². The van der Waals surface area contributed by atoms with E-state index in [1.165, 1.54) is 0 Å². The molecule has 0 aliphatic heterocycles. The lowest BCUT2D eigenvalue weighted by Gasteiger charge is -2.21. The predicted octanol–water partition coefficient (Wildman–Crippen LogP) is 5.44. The molecule has 1 N–H and O–H groups in total. The molecular weight excluding hydrogens is 472 g/mol. The van der Waals surface area contributed by atoms with Crippen LogP contribution in [0.25, 0.3) is 10.2 Å². The Morgan fingerprint density at radius 2 is 2.21 bits per heavy atom. The van der Waals surface area contributed by atoms with Gasteiger partial charge >= 0.3 is 6.09 Å². The lowest BCUT2D eigenvalue weighted by Crippen LogP contribution is -2.38. The molecule has 0 bridgehead atoms. The smallest absolute Gasteiger partial charge is 0.407 e. The minimum Gasteiger partial charge on any atom is -0.444 e. The van der Waals surface area contributed by atoms with Gasteiger partial charge in [-0.1, -0.05) is 6.07 Å². The summed E-state index contributed by atoms with van der Waals surface area (Å²) in [5.41, 5.74) is 0.889. The second-order valence-corrected chi connectivity index (χ2v) is 10.3. The predicted molar refractivity (Wildman–Crippen MR) is 119 cm³/mol. The summed E-state index contributed by atoms with van der Waals surface area (Å²) in [6, 6.07) is 5.87. The number of amides is 1. The molecule has 0 fully saturated rings. The Hall–Kier alpha value is -2.02. The number of halogens is 1. The minimum absolute atomic E-state index is 0.130. The van der Waals surface area contributed by atoms with Gasteiger partial charge in [0, 0.05) is 22.2 Å². The molecule has 0 aromatic carbocycles. The standard InChI is InChI=1S/C20H20BrN4O2S2/c1-11(23-19(26)27-20(2,3)4)8-14-16(21)17-18(29-14)13(24-15(10-22)25-17)9-12-6-5-7-28-12/h5-7,9,11H,8H2,1-4H3,(H,23,26)/t11-/m0/s1. The third kappa shape index (κ3) is 5.53. The number of hydrogen-bond acceptors (Lipinski definition) is 7. The maximum atomic E-state index is 12.0. The maximum Gasteiger partial charge on any atom is 0.407 e. The van der Waals surface area contributed by atoms with Crippen LogP contribution in [0.4, 0.5) is 4.79 Å². The number of hydrogen-bond donors (Lipinski definition) is 1. The van der Waals surface area contributed by atoms with Gasteiger partial charge in [0.1, 0.15) is 17.2 Å². The molecule has 0 spiro atoms. The van der Waals surface area contributed by atoms with E-state index in [-0.39, 0.29) is 11.9 Å². The fraction of sp³-hybridized carbons (Fsp3) is 0.350. The number of nitrogens with one attached hydrogen (secondary N) is 1. The van der Waals surface area contributed by atoms with E-state index in [4.69, 9.17) is 4.74 Å². The molecule has 6 nitrogen and oxygen atoms in total. The number of aromatic nitrogens is 2. The molecular formula is C20H20BrN4O2S2. The molecule has 1 radical (unpaired) electrons. The first-order chi connectivity index (χ1) is 13.7. The van der Waals surface area contributed by atoms with E-state index in [0.717, 1.165) is 24.6 Å². The molecule has 1 amide bonds. The fourth-order valence-electron chi connectivity index (χ4n) is 2.64.